The van der Waals surface area contributed by atoms with E-state index in [-0.39, 0.29) is 11.7 Å². The van der Waals surface area contributed by atoms with Crippen molar-refractivity contribution in [2.45, 2.75) is 13.8 Å². The zero-order valence-corrected chi connectivity index (χ0v) is 10.5. The van der Waals surface area contributed by atoms with Crippen molar-refractivity contribution in [3.8, 4) is 0 Å². The lowest BCUT2D eigenvalue weighted by Crippen LogP contribution is -2.14. The van der Waals surface area contributed by atoms with Crippen molar-refractivity contribution in [3.05, 3.63) is 47.0 Å². The first-order valence-electron chi connectivity index (χ1n) is 5.56. The van der Waals surface area contributed by atoms with Crippen LogP contribution in [-0.4, -0.2) is 15.7 Å². The van der Waals surface area contributed by atoms with Gasteiger partial charge in [0.05, 0.1) is 11.3 Å². The molecule has 0 saturated carbocycles. The zero-order chi connectivity index (χ0) is 13.3. The largest absolute Gasteiger partial charge is 0.322 e. The molecular formula is C13H14FN3O. The Labute approximate surface area is 104 Å². The van der Waals surface area contributed by atoms with Crippen LogP contribution in [0.2, 0.25) is 0 Å². The maximum atomic E-state index is 12.8. The molecule has 1 heterocycles. The van der Waals surface area contributed by atoms with E-state index in [1.165, 1.54) is 24.3 Å². The van der Waals surface area contributed by atoms with Gasteiger partial charge in [-0.1, -0.05) is 0 Å². The summed E-state index contributed by atoms with van der Waals surface area (Å²) in [6.45, 7) is 3.62. The predicted octanol–water partition coefficient (Wildman–Crippen LogP) is 2.43. The lowest BCUT2D eigenvalue weighted by molar-refractivity contribution is 0.102. The third-order valence-corrected chi connectivity index (χ3v) is 2.84. The number of carbonyl (C=O) groups is 1. The maximum absolute atomic E-state index is 12.8. The second-order valence-electron chi connectivity index (χ2n) is 4.13. The number of aryl methyl sites for hydroxylation is 2. The molecule has 0 spiro atoms. The first kappa shape index (κ1) is 12.3. The van der Waals surface area contributed by atoms with Gasteiger partial charge in [0, 0.05) is 18.4 Å². The van der Waals surface area contributed by atoms with Crippen LogP contribution >= 0.6 is 0 Å². The summed E-state index contributed by atoms with van der Waals surface area (Å²) in [5, 5.41) is 6.90. The van der Waals surface area contributed by atoms with Crippen molar-refractivity contribution in [1.29, 1.82) is 0 Å². The van der Waals surface area contributed by atoms with Crippen LogP contribution in [0, 0.1) is 19.7 Å². The minimum absolute atomic E-state index is 0.232. The number of hydrogen-bond acceptors (Lipinski definition) is 2. The number of benzene rings is 1. The number of rotatable bonds is 2. The van der Waals surface area contributed by atoms with E-state index >= 15 is 0 Å². The minimum atomic E-state index is -0.332. The van der Waals surface area contributed by atoms with Gasteiger partial charge in [-0.05, 0) is 38.1 Å². The second-order valence-corrected chi connectivity index (χ2v) is 4.13. The highest BCUT2D eigenvalue weighted by molar-refractivity contribution is 6.05. The van der Waals surface area contributed by atoms with Crippen LogP contribution in [0.1, 0.15) is 21.7 Å². The molecular weight excluding hydrogens is 233 g/mol. The van der Waals surface area contributed by atoms with Gasteiger partial charge in [0.15, 0.2) is 0 Å². The van der Waals surface area contributed by atoms with Gasteiger partial charge < -0.3 is 5.32 Å². The molecule has 0 radical (unpaired) electrons. The molecule has 1 amide bonds. The van der Waals surface area contributed by atoms with E-state index in [1.54, 1.807) is 18.7 Å². The molecule has 0 bridgehead atoms. The lowest BCUT2D eigenvalue weighted by Gasteiger charge is -2.05. The van der Waals surface area contributed by atoms with Gasteiger partial charge in [0.25, 0.3) is 5.91 Å². The van der Waals surface area contributed by atoms with Gasteiger partial charge in [0.2, 0.25) is 0 Å². The van der Waals surface area contributed by atoms with Crippen molar-refractivity contribution in [1.82, 2.24) is 9.78 Å². The summed E-state index contributed by atoms with van der Waals surface area (Å²) in [5.74, 6) is -0.563. The Bertz CT molecular complexity index is 587. The summed E-state index contributed by atoms with van der Waals surface area (Å²) in [4.78, 5) is 12.1. The Morgan fingerprint density at radius 3 is 2.39 bits per heavy atom. The number of hydrogen-bond donors (Lipinski definition) is 1. The molecule has 0 unspecified atom stereocenters. The molecule has 0 fully saturated rings. The van der Waals surface area contributed by atoms with Crippen molar-refractivity contribution in [2.24, 2.45) is 7.05 Å². The van der Waals surface area contributed by atoms with Crippen molar-refractivity contribution < 1.29 is 9.18 Å². The third-order valence-electron chi connectivity index (χ3n) is 2.84. The van der Waals surface area contributed by atoms with Crippen LogP contribution in [-0.2, 0) is 7.05 Å². The first-order chi connectivity index (χ1) is 8.49. The van der Waals surface area contributed by atoms with Gasteiger partial charge in [-0.3, -0.25) is 9.48 Å². The monoisotopic (exact) mass is 247 g/mol. The van der Waals surface area contributed by atoms with E-state index < -0.39 is 0 Å². The maximum Gasteiger partial charge on any atom is 0.259 e. The summed E-state index contributed by atoms with van der Waals surface area (Å²) in [5.41, 5.74) is 2.59. The molecule has 1 aromatic carbocycles. The Balaban J connectivity index is 2.24. The number of amides is 1. The average molecular weight is 247 g/mol. The van der Waals surface area contributed by atoms with Crippen LogP contribution < -0.4 is 5.32 Å². The summed E-state index contributed by atoms with van der Waals surface area (Å²) in [6.07, 6.45) is 0. The summed E-state index contributed by atoms with van der Waals surface area (Å²) >= 11 is 0. The van der Waals surface area contributed by atoms with E-state index in [0.717, 1.165) is 5.69 Å². The van der Waals surface area contributed by atoms with E-state index in [2.05, 4.69) is 10.4 Å². The summed E-state index contributed by atoms with van der Waals surface area (Å²) in [6, 6.07) is 5.65. The molecule has 18 heavy (non-hydrogen) atoms. The van der Waals surface area contributed by atoms with Gasteiger partial charge in [-0.15, -0.1) is 0 Å². The van der Waals surface area contributed by atoms with Crippen LogP contribution in [0.5, 0.6) is 0 Å². The molecule has 4 nitrogen and oxygen atoms in total. The zero-order valence-electron chi connectivity index (χ0n) is 10.5. The summed E-state index contributed by atoms with van der Waals surface area (Å²) < 4.78 is 14.4. The molecule has 2 aromatic rings. The molecule has 94 valence electrons. The third kappa shape index (κ3) is 2.25. The van der Waals surface area contributed by atoms with E-state index in [1.807, 2.05) is 6.92 Å². The van der Waals surface area contributed by atoms with E-state index in [9.17, 15) is 9.18 Å². The number of nitrogens with one attached hydrogen (secondary N) is 1. The minimum Gasteiger partial charge on any atom is -0.322 e. The quantitative estimate of drug-likeness (QED) is 0.886. The van der Waals surface area contributed by atoms with Crippen LogP contribution in [0.25, 0.3) is 0 Å². The van der Waals surface area contributed by atoms with Crippen LogP contribution in [0.3, 0.4) is 0 Å². The first-order valence-corrected chi connectivity index (χ1v) is 5.56. The Hall–Kier alpha value is -2.17. The van der Waals surface area contributed by atoms with Gasteiger partial charge in [-0.25, -0.2) is 4.39 Å². The molecule has 2 rings (SSSR count). The van der Waals surface area contributed by atoms with Gasteiger partial charge in [-0.2, -0.15) is 5.10 Å². The topological polar surface area (TPSA) is 46.9 Å². The van der Waals surface area contributed by atoms with E-state index in [0.29, 0.717) is 16.9 Å². The van der Waals surface area contributed by atoms with Crippen molar-refractivity contribution in [3.63, 3.8) is 0 Å². The Kier molecular flexibility index (Phi) is 3.14. The van der Waals surface area contributed by atoms with Crippen molar-refractivity contribution in [2.75, 3.05) is 5.32 Å². The molecule has 0 aliphatic carbocycles. The number of anilines is 1. The predicted molar refractivity (Wildman–Crippen MR) is 67.0 cm³/mol. The lowest BCUT2D eigenvalue weighted by atomic mass is 10.2. The molecule has 0 aliphatic rings. The summed E-state index contributed by atoms with van der Waals surface area (Å²) in [7, 11) is 1.79. The Morgan fingerprint density at radius 2 is 1.89 bits per heavy atom. The molecule has 0 saturated heterocycles. The molecule has 1 aromatic heterocycles. The number of nitrogens with zero attached hydrogens (tertiary/aromatic N) is 2. The smallest absolute Gasteiger partial charge is 0.259 e. The fourth-order valence-electron chi connectivity index (χ4n) is 1.83. The van der Waals surface area contributed by atoms with Gasteiger partial charge >= 0.3 is 0 Å². The molecule has 5 heteroatoms. The number of halogens is 1. The highest BCUT2D eigenvalue weighted by atomic mass is 19.1. The average Bonchev–Trinajstić information content (AvgIpc) is 2.56. The second kappa shape index (κ2) is 4.60. The van der Waals surface area contributed by atoms with Crippen LogP contribution in [0.4, 0.5) is 10.1 Å². The van der Waals surface area contributed by atoms with Crippen molar-refractivity contribution >= 4 is 11.6 Å². The normalized spacial score (nSPS) is 10.4. The number of carbonyl (C=O) groups excluding carboxylic acids is 1. The fraction of sp³-hybridized carbons (Fsp3) is 0.231. The Morgan fingerprint density at radius 1 is 1.28 bits per heavy atom. The highest BCUT2D eigenvalue weighted by Gasteiger charge is 2.17. The van der Waals surface area contributed by atoms with Gasteiger partial charge in [0.1, 0.15) is 5.82 Å². The SMILES string of the molecule is Cc1nn(C)c(C)c1C(=O)Nc1ccc(F)cc1. The number of aromatic nitrogens is 2. The van der Waals surface area contributed by atoms with Crippen LogP contribution in [0.15, 0.2) is 24.3 Å². The highest BCUT2D eigenvalue weighted by Crippen LogP contribution is 2.15. The molecule has 0 aliphatic heterocycles. The molecule has 1 N–H and O–H groups in total. The molecule has 0 atom stereocenters. The van der Waals surface area contributed by atoms with E-state index in [4.69, 9.17) is 0 Å². The fourth-order valence-corrected chi connectivity index (χ4v) is 1.83. The standard InChI is InChI=1S/C13H14FN3O/c1-8-12(9(2)17(3)16-8)13(18)15-11-6-4-10(14)5-7-11/h4-7H,1-3H3,(H,15,18).